The summed E-state index contributed by atoms with van der Waals surface area (Å²) >= 11 is 0. The Morgan fingerprint density at radius 1 is 0.860 bits per heavy atom. The SMILES string of the molecule is CCCOc1ccc([C@H]2C(C(=O)Nc3ccc(OC)cc3)=C(C)NC3=C2C(=O)C[C@H](c2ccc(OC)c(OC)c2)C3)cc1. The van der Waals surface area contributed by atoms with E-state index < -0.39 is 5.92 Å². The number of hydrogen-bond donors (Lipinski definition) is 2. The van der Waals surface area contributed by atoms with E-state index in [1.165, 1.54) is 0 Å². The molecule has 1 heterocycles. The molecular weight excluding hydrogens is 544 g/mol. The third kappa shape index (κ3) is 6.23. The zero-order chi connectivity index (χ0) is 30.5. The molecule has 224 valence electrons. The molecule has 0 saturated heterocycles. The average Bonchev–Trinajstić information content (AvgIpc) is 3.03. The lowest BCUT2D eigenvalue weighted by molar-refractivity contribution is -0.116. The number of dihydropyridines is 1. The first-order valence-electron chi connectivity index (χ1n) is 14.5. The molecule has 3 aromatic rings. The van der Waals surface area contributed by atoms with E-state index in [1.807, 2.05) is 49.4 Å². The molecule has 0 saturated carbocycles. The van der Waals surface area contributed by atoms with E-state index in [9.17, 15) is 9.59 Å². The van der Waals surface area contributed by atoms with Gasteiger partial charge in [-0.05, 0) is 85.3 Å². The number of methoxy groups -OCH3 is 3. The van der Waals surface area contributed by atoms with Crippen molar-refractivity contribution in [2.75, 3.05) is 33.3 Å². The highest BCUT2D eigenvalue weighted by atomic mass is 16.5. The number of carbonyl (C=O) groups excluding carboxylic acids is 2. The summed E-state index contributed by atoms with van der Waals surface area (Å²) in [6.07, 6.45) is 1.84. The highest BCUT2D eigenvalue weighted by molar-refractivity contribution is 6.10. The van der Waals surface area contributed by atoms with E-state index in [1.54, 1.807) is 45.6 Å². The van der Waals surface area contributed by atoms with Gasteiger partial charge in [-0.25, -0.2) is 0 Å². The molecule has 2 N–H and O–H groups in total. The molecule has 8 nitrogen and oxygen atoms in total. The van der Waals surface area contributed by atoms with Gasteiger partial charge >= 0.3 is 0 Å². The third-order valence-corrected chi connectivity index (χ3v) is 7.99. The molecule has 1 aliphatic heterocycles. The number of Topliss-reactive ketones (excluding diaryl/α,β-unsaturated/α-hetero) is 1. The van der Waals surface area contributed by atoms with Crippen LogP contribution < -0.4 is 29.6 Å². The number of anilines is 1. The number of ketones is 1. The summed E-state index contributed by atoms with van der Waals surface area (Å²) in [7, 11) is 4.80. The molecule has 0 fully saturated rings. The van der Waals surface area contributed by atoms with Crippen LogP contribution in [0.3, 0.4) is 0 Å². The van der Waals surface area contributed by atoms with Gasteiger partial charge in [0.15, 0.2) is 17.3 Å². The quantitative estimate of drug-likeness (QED) is 0.282. The first-order valence-corrected chi connectivity index (χ1v) is 14.5. The molecule has 0 radical (unpaired) electrons. The standard InChI is InChI=1S/C35H38N2O6/c1-6-17-43-27-12-7-22(8-13-27)33-32(35(39)37-25-10-14-26(40-3)15-11-25)21(2)36-28-18-24(19-29(38)34(28)33)23-9-16-30(41-4)31(20-23)42-5/h7-16,20,24,33,36H,6,17-19H2,1-5H3,(H,37,39)/t24-,33+/m1/s1. The van der Waals surface area contributed by atoms with Crippen molar-refractivity contribution in [2.45, 2.75) is 44.9 Å². The summed E-state index contributed by atoms with van der Waals surface area (Å²) in [5.74, 6) is 1.87. The smallest absolute Gasteiger partial charge is 0.254 e. The summed E-state index contributed by atoms with van der Waals surface area (Å²) < 4.78 is 22.0. The first kappa shape index (κ1) is 29.8. The fourth-order valence-corrected chi connectivity index (χ4v) is 5.87. The van der Waals surface area contributed by atoms with Crippen molar-refractivity contribution in [3.63, 3.8) is 0 Å². The highest BCUT2D eigenvalue weighted by Gasteiger charge is 2.41. The normalized spacial score (nSPS) is 18.0. The van der Waals surface area contributed by atoms with Gasteiger partial charge < -0.3 is 29.6 Å². The lowest BCUT2D eigenvalue weighted by Gasteiger charge is -2.37. The van der Waals surface area contributed by atoms with Crippen molar-refractivity contribution >= 4 is 17.4 Å². The number of nitrogens with one attached hydrogen (secondary N) is 2. The van der Waals surface area contributed by atoms with Crippen LogP contribution in [0.2, 0.25) is 0 Å². The number of amides is 1. The van der Waals surface area contributed by atoms with Gasteiger partial charge in [0.05, 0.1) is 27.9 Å². The number of hydrogen-bond acceptors (Lipinski definition) is 7. The van der Waals surface area contributed by atoms with Crippen LogP contribution in [0.4, 0.5) is 5.69 Å². The second kappa shape index (κ2) is 13.1. The van der Waals surface area contributed by atoms with Gasteiger partial charge in [0.2, 0.25) is 0 Å². The van der Waals surface area contributed by atoms with E-state index in [-0.39, 0.29) is 17.6 Å². The maximum atomic E-state index is 14.0. The molecule has 2 atom stereocenters. The van der Waals surface area contributed by atoms with Gasteiger partial charge in [0, 0.05) is 40.6 Å². The zero-order valence-electron chi connectivity index (χ0n) is 25.3. The van der Waals surface area contributed by atoms with Crippen LogP contribution in [0, 0.1) is 0 Å². The topological polar surface area (TPSA) is 95.1 Å². The largest absolute Gasteiger partial charge is 0.497 e. The lowest BCUT2D eigenvalue weighted by atomic mass is 9.71. The Labute approximate surface area is 252 Å². The van der Waals surface area contributed by atoms with E-state index >= 15 is 0 Å². The van der Waals surface area contributed by atoms with Crippen LogP contribution in [0.15, 0.2) is 89.3 Å². The van der Waals surface area contributed by atoms with Crippen molar-refractivity contribution in [3.8, 4) is 23.0 Å². The van der Waals surface area contributed by atoms with Crippen LogP contribution in [-0.2, 0) is 9.59 Å². The van der Waals surface area contributed by atoms with Gasteiger partial charge in [0.1, 0.15) is 11.5 Å². The predicted octanol–water partition coefficient (Wildman–Crippen LogP) is 6.50. The van der Waals surface area contributed by atoms with Crippen molar-refractivity contribution in [1.82, 2.24) is 5.32 Å². The van der Waals surface area contributed by atoms with Gasteiger partial charge in [-0.15, -0.1) is 0 Å². The van der Waals surface area contributed by atoms with Gasteiger partial charge in [0.25, 0.3) is 5.91 Å². The maximum absolute atomic E-state index is 14.0. The zero-order valence-corrected chi connectivity index (χ0v) is 25.3. The van der Waals surface area contributed by atoms with Gasteiger partial charge in [-0.2, -0.15) is 0 Å². The highest BCUT2D eigenvalue weighted by Crippen LogP contribution is 2.46. The molecule has 43 heavy (non-hydrogen) atoms. The number of carbonyl (C=O) groups is 2. The molecule has 5 rings (SSSR count). The summed E-state index contributed by atoms with van der Waals surface area (Å²) in [6, 6.07) is 20.7. The van der Waals surface area contributed by atoms with Gasteiger partial charge in [-0.3, -0.25) is 9.59 Å². The fourth-order valence-electron chi connectivity index (χ4n) is 5.87. The maximum Gasteiger partial charge on any atom is 0.254 e. The molecule has 0 unspecified atom stereocenters. The van der Waals surface area contributed by atoms with Gasteiger partial charge in [-0.1, -0.05) is 25.1 Å². The van der Waals surface area contributed by atoms with Crippen LogP contribution >= 0.6 is 0 Å². The third-order valence-electron chi connectivity index (χ3n) is 7.99. The molecule has 3 aromatic carbocycles. The monoisotopic (exact) mass is 582 g/mol. The molecule has 1 amide bonds. The molecule has 1 aliphatic carbocycles. The minimum atomic E-state index is -0.534. The Hall–Kier alpha value is -4.72. The first-order chi connectivity index (χ1) is 20.9. The average molecular weight is 583 g/mol. The Kier molecular flexibility index (Phi) is 9.04. The van der Waals surface area contributed by atoms with Crippen molar-refractivity contribution < 1.29 is 28.5 Å². The number of benzene rings is 3. The molecule has 8 heteroatoms. The van der Waals surface area contributed by atoms with E-state index in [2.05, 4.69) is 17.6 Å². The van der Waals surface area contributed by atoms with Crippen molar-refractivity contribution in [1.29, 1.82) is 0 Å². The number of rotatable bonds is 10. The van der Waals surface area contributed by atoms with Crippen LogP contribution in [0.1, 0.15) is 56.1 Å². The number of allylic oxidation sites excluding steroid dienone is 3. The second-order valence-corrected chi connectivity index (χ2v) is 10.7. The molecule has 2 aliphatic rings. The summed E-state index contributed by atoms with van der Waals surface area (Å²) in [6.45, 7) is 4.57. The minimum absolute atomic E-state index is 0.00657. The second-order valence-electron chi connectivity index (χ2n) is 10.7. The van der Waals surface area contributed by atoms with E-state index in [0.29, 0.717) is 59.2 Å². The summed E-state index contributed by atoms with van der Waals surface area (Å²) in [5.41, 5.74) is 5.18. The lowest BCUT2D eigenvalue weighted by Crippen LogP contribution is -2.37. The molecular formula is C35H38N2O6. The summed E-state index contributed by atoms with van der Waals surface area (Å²) in [4.78, 5) is 27.9. The minimum Gasteiger partial charge on any atom is -0.497 e. The Morgan fingerprint density at radius 3 is 2.19 bits per heavy atom. The summed E-state index contributed by atoms with van der Waals surface area (Å²) in [5, 5.41) is 6.47. The Bertz CT molecular complexity index is 1560. The molecule has 0 bridgehead atoms. The predicted molar refractivity (Wildman–Crippen MR) is 166 cm³/mol. The van der Waals surface area contributed by atoms with E-state index in [4.69, 9.17) is 18.9 Å². The Morgan fingerprint density at radius 2 is 1.53 bits per heavy atom. The molecule has 0 aromatic heterocycles. The van der Waals surface area contributed by atoms with Crippen molar-refractivity contribution in [3.05, 3.63) is 100 Å². The number of ether oxygens (including phenoxy) is 4. The van der Waals surface area contributed by atoms with Crippen LogP contribution in [0.5, 0.6) is 23.0 Å². The van der Waals surface area contributed by atoms with E-state index in [0.717, 1.165) is 29.0 Å². The Balaban J connectivity index is 1.52. The van der Waals surface area contributed by atoms with Crippen LogP contribution in [0.25, 0.3) is 0 Å². The fraction of sp³-hybridized carbons (Fsp3) is 0.314. The van der Waals surface area contributed by atoms with Crippen molar-refractivity contribution in [2.24, 2.45) is 0 Å². The molecule has 0 spiro atoms. The van der Waals surface area contributed by atoms with Crippen LogP contribution in [-0.4, -0.2) is 39.6 Å².